The molecule has 2 aromatic heterocycles. The van der Waals surface area contributed by atoms with Crippen LogP contribution >= 0.6 is 34.5 Å². The molecule has 19 nitrogen and oxygen atoms in total. The maximum absolute atomic E-state index is 14.9. The number of aryl methyl sites for hydroxylation is 1. The van der Waals surface area contributed by atoms with Crippen molar-refractivity contribution in [1.82, 2.24) is 35.4 Å². The number of halogens is 3. The Morgan fingerprint density at radius 3 is 2.17 bits per heavy atom. The van der Waals surface area contributed by atoms with Crippen LogP contribution in [0.5, 0.6) is 11.5 Å². The van der Waals surface area contributed by atoms with Crippen LogP contribution in [0, 0.1) is 18.2 Å². The second-order valence-corrected chi connectivity index (χ2v) is 21.3. The number of likely N-dealkylation sites (tertiary alicyclic amines) is 2. The highest BCUT2D eigenvalue weighted by Gasteiger charge is 2.44. The number of carbonyl (C=O) groups excluding carboxylic acids is 4. The average molecular weight is 1130 g/mol. The highest BCUT2D eigenvalue weighted by molar-refractivity contribution is 7.13. The Kier molecular flexibility index (Phi) is 21.6. The highest BCUT2D eigenvalue weighted by Crippen LogP contribution is 2.38. The van der Waals surface area contributed by atoms with Crippen molar-refractivity contribution >= 4 is 80.6 Å². The lowest BCUT2D eigenvalue weighted by Gasteiger charge is -2.35. The summed E-state index contributed by atoms with van der Waals surface area (Å²) in [4.78, 5) is 70.6. The van der Waals surface area contributed by atoms with Gasteiger partial charge in [-0.05, 0) is 41.7 Å². The van der Waals surface area contributed by atoms with E-state index in [9.17, 15) is 28.7 Å². The van der Waals surface area contributed by atoms with E-state index in [4.69, 9.17) is 51.6 Å². The summed E-state index contributed by atoms with van der Waals surface area (Å²) in [5.41, 5.74) is 4.65. The first-order valence-electron chi connectivity index (χ1n) is 25.5. The van der Waals surface area contributed by atoms with Gasteiger partial charge in [0, 0.05) is 63.3 Å². The van der Waals surface area contributed by atoms with Crippen LogP contribution in [0.4, 0.5) is 15.9 Å². The largest absolute Gasteiger partial charge is 0.493 e. The summed E-state index contributed by atoms with van der Waals surface area (Å²) < 4.78 is 49.3. The molecule has 4 amide bonds. The summed E-state index contributed by atoms with van der Waals surface area (Å²) in [6, 6.07) is 12.4. The molecule has 0 bridgehead atoms. The molecule has 2 aliphatic rings. The summed E-state index contributed by atoms with van der Waals surface area (Å²) in [5, 5.41) is 19.8. The Balaban J connectivity index is 0.715. The molecule has 0 aliphatic carbocycles. The number of aliphatic hydroxyl groups is 1. The van der Waals surface area contributed by atoms with Crippen molar-refractivity contribution in [3.8, 4) is 21.9 Å². The van der Waals surface area contributed by atoms with E-state index in [1.807, 2.05) is 52.0 Å². The molecule has 77 heavy (non-hydrogen) atoms. The van der Waals surface area contributed by atoms with Crippen LogP contribution in [0.15, 0.2) is 60.4 Å². The molecule has 2 saturated heterocycles. The van der Waals surface area contributed by atoms with Crippen molar-refractivity contribution in [2.45, 2.75) is 90.6 Å². The van der Waals surface area contributed by atoms with E-state index in [0.29, 0.717) is 80.6 Å². The summed E-state index contributed by atoms with van der Waals surface area (Å²) in [5.74, 6) is -0.643. The number of aromatic nitrogens is 3. The molecule has 2 aliphatic heterocycles. The van der Waals surface area contributed by atoms with Crippen LogP contribution in [-0.2, 0) is 44.7 Å². The Bertz CT molecular complexity index is 2800. The zero-order valence-electron chi connectivity index (χ0n) is 43.9. The molecule has 0 unspecified atom stereocenters. The van der Waals surface area contributed by atoms with Gasteiger partial charge in [0.25, 0.3) is 0 Å². The maximum Gasteiger partial charge on any atom is 0.246 e. The van der Waals surface area contributed by atoms with Gasteiger partial charge in [0.1, 0.15) is 30.3 Å². The van der Waals surface area contributed by atoms with Gasteiger partial charge < -0.3 is 59.3 Å². The van der Waals surface area contributed by atoms with Crippen LogP contribution in [0.3, 0.4) is 0 Å². The monoisotopic (exact) mass is 1120 g/mol. The standard InChI is InChI=1S/C54H67Cl2FN8O11S/c1-33-49(77-32-61-33)35-8-6-34(7-9-35)29-58-52(69)42-26-36(66)30-65(42)53(70)50(54(2,3)4)63-45(67)14-18-72-20-22-74-24-25-75-23-21-73-19-15-46(68)64-16-12-37(13-17-64)76-44-27-38-41(28-43(44)71-5)59-31-60-51(38)62-40-11-10-39(55)47(56)48(40)57/h6-11,27-28,31-32,36-37,42,50,66H,12-26,29-30H2,1-5H3,(H,58,69)(H,63,67)(H,59,60,62)/t36-,42+,50-/m1/s1. The molecule has 0 spiro atoms. The number of β-amino-alcohol motifs (C(OH)–C–C–N with tert-alkyl or cyclic N) is 1. The number of piperidine rings is 1. The molecule has 416 valence electrons. The third kappa shape index (κ3) is 16.4. The van der Waals surface area contributed by atoms with Crippen molar-refractivity contribution in [3.05, 3.63) is 87.5 Å². The number of methoxy groups -OCH3 is 1. The smallest absolute Gasteiger partial charge is 0.246 e. The normalized spacial score (nSPS) is 16.4. The lowest BCUT2D eigenvalue weighted by atomic mass is 9.85. The Morgan fingerprint density at radius 2 is 1.53 bits per heavy atom. The van der Waals surface area contributed by atoms with Gasteiger partial charge in [-0.25, -0.2) is 19.3 Å². The third-order valence-corrected chi connectivity index (χ3v) is 14.8. The van der Waals surface area contributed by atoms with E-state index in [2.05, 4.69) is 30.9 Å². The summed E-state index contributed by atoms with van der Waals surface area (Å²) in [7, 11) is 1.53. The van der Waals surface area contributed by atoms with Crippen molar-refractivity contribution in [3.63, 3.8) is 0 Å². The number of benzene rings is 3. The number of hydrogen-bond donors (Lipinski definition) is 4. The molecule has 7 rings (SSSR count). The predicted octanol–water partition coefficient (Wildman–Crippen LogP) is 7.29. The minimum absolute atomic E-state index is 0.00573. The molecule has 4 heterocycles. The van der Waals surface area contributed by atoms with E-state index < -0.39 is 35.3 Å². The molecule has 3 aromatic carbocycles. The Hall–Kier alpha value is -5.78. The number of aliphatic hydroxyl groups excluding tert-OH is 1. The fourth-order valence-corrected chi connectivity index (χ4v) is 9.95. The average Bonchev–Trinajstić information content (AvgIpc) is 4.05. The minimum atomic E-state index is -0.947. The van der Waals surface area contributed by atoms with E-state index in [-0.39, 0.29) is 98.3 Å². The number of hydrogen-bond acceptors (Lipinski definition) is 16. The van der Waals surface area contributed by atoms with Crippen molar-refractivity contribution in [1.29, 1.82) is 0 Å². The Morgan fingerprint density at radius 1 is 0.870 bits per heavy atom. The zero-order chi connectivity index (χ0) is 55.1. The van der Waals surface area contributed by atoms with E-state index >= 15 is 0 Å². The van der Waals surface area contributed by atoms with Crippen LogP contribution in [-0.4, -0.2) is 157 Å². The second kappa shape index (κ2) is 28.2. The molecular formula is C54H67Cl2FN8O11S. The molecule has 23 heteroatoms. The molecule has 5 aromatic rings. The minimum Gasteiger partial charge on any atom is -0.493 e. The van der Waals surface area contributed by atoms with Gasteiger partial charge in [-0.1, -0.05) is 68.2 Å². The molecule has 2 fully saturated rings. The first-order chi connectivity index (χ1) is 37.0. The second-order valence-electron chi connectivity index (χ2n) is 19.7. The van der Waals surface area contributed by atoms with E-state index in [1.54, 1.807) is 33.9 Å². The lowest BCUT2D eigenvalue weighted by molar-refractivity contribution is -0.144. The topological polar surface area (TPSA) is 225 Å². The van der Waals surface area contributed by atoms with Crippen molar-refractivity contribution in [2.24, 2.45) is 5.41 Å². The van der Waals surface area contributed by atoms with Gasteiger partial charge in [0.05, 0.1) is 110 Å². The fourth-order valence-electron chi connectivity index (χ4n) is 8.83. The highest BCUT2D eigenvalue weighted by atomic mass is 35.5. The molecular weight excluding hydrogens is 1060 g/mol. The first-order valence-corrected chi connectivity index (χ1v) is 27.2. The fraction of sp³-hybridized carbons (Fsp3) is 0.500. The van der Waals surface area contributed by atoms with Crippen LogP contribution in [0.1, 0.15) is 64.1 Å². The SMILES string of the molecule is COc1cc2ncnc(Nc3ccc(Cl)c(Cl)c3F)c2cc1OC1CCN(C(=O)CCOCCOCCOCCOCCC(=O)N[C@H](C(=O)N2C[C@H](O)C[C@H]2C(=O)NCc2ccc(-c3scnc3C)cc2)C(C)(C)C)CC1. The number of ether oxygens (including phenoxy) is 6. The molecule has 4 N–H and O–H groups in total. The number of anilines is 2. The molecule has 0 saturated carbocycles. The summed E-state index contributed by atoms with van der Waals surface area (Å²) >= 11 is 13.6. The molecule has 3 atom stereocenters. The Labute approximate surface area is 461 Å². The van der Waals surface area contributed by atoms with Crippen molar-refractivity contribution < 1.29 is 57.1 Å². The van der Waals surface area contributed by atoms with Gasteiger partial charge >= 0.3 is 0 Å². The zero-order valence-corrected chi connectivity index (χ0v) is 46.2. The number of fused-ring (bicyclic) bond motifs is 1. The number of amides is 4. The maximum atomic E-state index is 14.9. The summed E-state index contributed by atoms with van der Waals surface area (Å²) in [6.45, 7) is 10.9. The van der Waals surface area contributed by atoms with E-state index in [1.165, 1.54) is 30.5 Å². The van der Waals surface area contributed by atoms with Gasteiger partial charge in [0.15, 0.2) is 17.3 Å². The van der Waals surface area contributed by atoms with Crippen LogP contribution in [0.25, 0.3) is 21.3 Å². The van der Waals surface area contributed by atoms with Gasteiger partial charge in [-0.2, -0.15) is 0 Å². The quantitative estimate of drug-likeness (QED) is 0.0315. The predicted molar refractivity (Wildman–Crippen MR) is 290 cm³/mol. The number of nitrogens with one attached hydrogen (secondary N) is 3. The van der Waals surface area contributed by atoms with Crippen LogP contribution in [0.2, 0.25) is 10.0 Å². The lowest BCUT2D eigenvalue weighted by Crippen LogP contribution is -2.57. The van der Waals surface area contributed by atoms with E-state index in [0.717, 1.165) is 21.7 Å². The van der Waals surface area contributed by atoms with Gasteiger partial charge in [-0.15, -0.1) is 11.3 Å². The molecule has 0 radical (unpaired) electrons. The number of thiazole rings is 1. The number of rotatable bonds is 26. The number of carbonyl (C=O) groups is 4. The number of nitrogens with zero attached hydrogens (tertiary/aromatic N) is 5. The summed E-state index contributed by atoms with van der Waals surface area (Å²) in [6.07, 6.45) is 1.83. The van der Waals surface area contributed by atoms with Gasteiger partial charge in [-0.3, -0.25) is 19.2 Å². The van der Waals surface area contributed by atoms with Gasteiger partial charge in [0.2, 0.25) is 23.6 Å². The van der Waals surface area contributed by atoms with Crippen molar-refractivity contribution in [2.75, 3.05) is 84.9 Å². The third-order valence-electron chi connectivity index (χ3n) is 13.1. The van der Waals surface area contributed by atoms with Crippen LogP contribution < -0.4 is 25.4 Å². The first kappa shape index (κ1) is 58.9.